The third-order valence-electron chi connectivity index (χ3n) is 3.90. The van der Waals surface area contributed by atoms with Crippen LogP contribution in [0.4, 0.5) is 0 Å². The van der Waals surface area contributed by atoms with Crippen molar-refractivity contribution in [2.24, 2.45) is 0 Å². The standard InChI is InChI=1S/2C10H14O.2ClH.Zr/c2*1-10(2,8-11)9-6-4-3-5-7-9;;;/h2*3-7,11H,8H2,1-2H3;2*1H;/q;;;;+2/p-2. The number of halogens is 2. The van der Waals surface area contributed by atoms with Crippen LogP contribution in [-0.4, -0.2) is 23.4 Å². The Hall–Kier alpha value is -0.177. The van der Waals surface area contributed by atoms with E-state index in [-0.39, 0.29) is 24.0 Å². The van der Waals surface area contributed by atoms with E-state index in [9.17, 15) is 0 Å². The number of hydrogen-bond donors (Lipinski definition) is 2. The van der Waals surface area contributed by atoms with Crippen LogP contribution in [0.1, 0.15) is 38.8 Å². The molecule has 5 heteroatoms. The minimum absolute atomic E-state index is 0.110. The Bertz CT molecular complexity index is 509. The molecular weight excluding hydrogens is 434 g/mol. The van der Waals surface area contributed by atoms with E-state index in [0.717, 1.165) is 0 Å². The first-order valence-electron chi connectivity index (χ1n) is 8.04. The monoisotopic (exact) mass is 460 g/mol. The van der Waals surface area contributed by atoms with Crippen LogP contribution in [0, 0.1) is 0 Å². The van der Waals surface area contributed by atoms with Gasteiger partial charge >= 0.3 is 37.9 Å². The average Bonchev–Trinajstić information content (AvgIpc) is 2.64. The molecule has 0 aliphatic heterocycles. The molecular formula is C20H28Cl2O2Zr. The van der Waals surface area contributed by atoms with Crippen molar-refractivity contribution in [3.63, 3.8) is 0 Å². The van der Waals surface area contributed by atoms with Crippen LogP contribution in [-0.2, 0) is 31.7 Å². The summed E-state index contributed by atoms with van der Waals surface area (Å²) in [4.78, 5) is 0. The van der Waals surface area contributed by atoms with E-state index in [4.69, 9.17) is 27.2 Å². The van der Waals surface area contributed by atoms with Gasteiger partial charge in [-0.25, -0.2) is 0 Å². The third-order valence-corrected chi connectivity index (χ3v) is 3.90. The predicted octanol–water partition coefficient (Wildman–Crippen LogP) is 5.29. The summed E-state index contributed by atoms with van der Waals surface area (Å²) in [5.41, 5.74) is 2.15. The summed E-state index contributed by atoms with van der Waals surface area (Å²) in [5, 5.41) is 18.1. The normalized spacial score (nSPS) is 10.7. The van der Waals surface area contributed by atoms with Gasteiger partial charge in [0.05, 0.1) is 13.2 Å². The molecule has 0 atom stereocenters. The maximum atomic E-state index is 9.05. The average molecular weight is 463 g/mol. The summed E-state index contributed by atoms with van der Waals surface area (Å²) in [5.74, 6) is 0. The quantitative estimate of drug-likeness (QED) is 0.648. The molecule has 0 saturated carbocycles. The van der Waals surface area contributed by atoms with Crippen molar-refractivity contribution in [2.45, 2.75) is 38.5 Å². The summed E-state index contributed by atoms with van der Waals surface area (Å²) in [6.45, 7) is 8.50. The second kappa shape index (κ2) is 13.1. The SMILES string of the molecule is CC(C)(CO)c1ccccc1.CC(C)(CO)c1ccccc1.[Cl][Zr][Cl]. The van der Waals surface area contributed by atoms with E-state index in [0.29, 0.717) is 0 Å². The van der Waals surface area contributed by atoms with E-state index in [1.54, 1.807) is 0 Å². The van der Waals surface area contributed by atoms with Crippen LogP contribution in [0.15, 0.2) is 60.7 Å². The molecule has 0 fully saturated rings. The minimum atomic E-state index is -0.826. The number of benzene rings is 2. The summed E-state index contributed by atoms with van der Waals surface area (Å²) >= 11 is -0.826. The van der Waals surface area contributed by atoms with Gasteiger partial charge < -0.3 is 10.2 Å². The Morgan fingerprint density at radius 1 is 0.680 bits per heavy atom. The van der Waals surface area contributed by atoms with Crippen molar-refractivity contribution in [2.75, 3.05) is 13.2 Å². The van der Waals surface area contributed by atoms with Crippen molar-refractivity contribution >= 4 is 17.0 Å². The topological polar surface area (TPSA) is 40.5 Å². The van der Waals surface area contributed by atoms with Gasteiger partial charge in [0.15, 0.2) is 0 Å². The van der Waals surface area contributed by atoms with Gasteiger partial charge in [0.25, 0.3) is 0 Å². The Balaban J connectivity index is 0.000000399. The zero-order chi connectivity index (χ0) is 19.3. The molecule has 0 aromatic heterocycles. The van der Waals surface area contributed by atoms with Crippen molar-refractivity contribution in [1.29, 1.82) is 0 Å². The van der Waals surface area contributed by atoms with Gasteiger partial charge in [0.1, 0.15) is 0 Å². The molecule has 0 radical (unpaired) electrons. The van der Waals surface area contributed by atoms with Crippen molar-refractivity contribution in [1.82, 2.24) is 0 Å². The molecule has 2 rings (SSSR count). The van der Waals surface area contributed by atoms with Gasteiger partial charge in [-0.05, 0) is 11.1 Å². The second-order valence-electron chi connectivity index (χ2n) is 6.89. The van der Waals surface area contributed by atoms with Crippen LogP contribution in [0.5, 0.6) is 0 Å². The summed E-state index contributed by atoms with van der Waals surface area (Å²) < 4.78 is 0. The fraction of sp³-hybridized carbons (Fsp3) is 0.400. The molecule has 0 saturated heterocycles. The van der Waals surface area contributed by atoms with Gasteiger partial charge in [0, 0.05) is 10.8 Å². The van der Waals surface area contributed by atoms with Crippen LogP contribution in [0.25, 0.3) is 0 Å². The molecule has 0 spiro atoms. The molecule has 0 aliphatic rings. The molecule has 25 heavy (non-hydrogen) atoms. The molecule has 2 nitrogen and oxygen atoms in total. The molecule has 138 valence electrons. The summed E-state index contributed by atoms with van der Waals surface area (Å²) in [6.07, 6.45) is 0. The van der Waals surface area contributed by atoms with Gasteiger partial charge in [-0.3, -0.25) is 0 Å². The number of aliphatic hydroxyl groups is 2. The first-order valence-corrected chi connectivity index (χ1v) is 14.4. The molecule has 0 heterocycles. The van der Waals surface area contributed by atoms with E-state index in [1.807, 2.05) is 88.4 Å². The van der Waals surface area contributed by atoms with Crippen molar-refractivity contribution < 1.29 is 31.1 Å². The first kappa shape index (κ1) is 24.8. The fourth-order valence-electron chi connectivity index (χ4n) is 1.96. The van der Waals surface area contributed by atoms with E-state index in [1.165, 1.54) is 11.1 Å². The van der Waals surface area contributed by atoms with Gasteiger partial charge in [-0.15, -0.1) is 0 Å². The predicted molar refractivity (Wildman–Crippen MR) is 105 cm³/mol. The van der Waals surface area contributed by atoms with Gasteiger partial charge in [-0.2, -0.15) is 0 Å². The summed E-state index contributed by atoms with van der Waals surface area (Å²) in [7, 11) is 9.87. The number of rotatable bonds is 4. The molecule has 2 aromatic rings. The van der Waals surface area contributed by atoms with Crippen LogP contribution >= 0.6 is 17.0 Å². The van der Waals surface area contributed by atoms with Crippen LogP contribution in [0.2, 0.25) is 0 Å². The van der Waals surface area contributed by atoms with E-state index >= 15 is 0 Å². The van der Waals surface area contributed by atoms with Crippen LogP contribution < -0.4 is 0 Å². The second-order valence-corrected chi connectivity index (χ2v) is 10.6. The van der Waals surface area contributed by atoms with Gasteiger partial charge in [0.2, 0.25) is 0 Å². The third kappa shape index (κ3) is 9.92. The molecule has 0 aliphatic carbocycles. The Labute approximate surface area is 170 Å². The first-order chi connectivity index (χ1) is 11.7. The number of aliphatic hydroxyl groups excluding tert-OH is 2. The van der Waals surface area contributed by atoms with E-state index < -0.39 is 20.8 Å². The Morgan fingerprint density at radius 3 is 1.12 bits per heavy atom. The zero-order valence-electron chi connectivity index (χ0n) is 15.3. The molecule has 0 unspecified atom stereocenters. The Morgan fingerprint density at radius 2 is 0.920 bits per heavy atom. The van der Waals surface area contributed by atoms with Gasteiger partial charge in [-0.1, -0.05) is 88.4 Å². The molecule has 0 amide bonds. The fourth-order valence-corrected chi connectivity index (χ4v) is 1.96. The molecule has 2 N–H and O–H groups in total. The molecule has 2 aromatic carbocycles. The summed E-state index contributed by atoms with van der Waals surface area (Å²) in [6, 6.07) is 20.1. The molecule has 0 bridgehead atoms. The Kier molecular flexibility index (Phi) is 13.0. The maximum absolute atomic E-state index is 9.05. The number of hydrogen-bond acceptors (Lipinski definition) is 2. The zero-order valence-corrected chi connectivity index (χ0v) is 19.3. The van der Waals surface area contributed by atoms with Crippen molar-refractivity contribution in [3.05, 3.63) is 71.8 Å². The van der Waals surface area contributed by atoms with Crippen molar-refractivity contribution in [3.8, 4) is 0 Å². The van der Waals surface area contributed by atoms with Crippen LogP contribution in [0.3, 0.4) is 0 Å². The van der Waals surface area contributed by atoms with E-state index in [2.05, 4.69) is 0 Å².